The molecule has 0 unspecified atom stereocenters. The predicted molar refractivity (Wildman–Crippen MR) is 84.1 cm³/mol. The third-order valence-electron chi connectivity index (χ3n) is 3.37. The molecule has 0 atom stereocenters. The third kappa shape index (κ3) is 1.86. The topological polar surface area (TPSA) is 47.8 Å². The quantitative estimate of drug-likeness (QED) is 0.534. The molecule has 4 rings (SSSR count). The first kappa shape index (κ1) is 12.5. The molecule has 4 nitrogen and oxygen atoms in total. The summed E-state index contributed by atoms with van der Waals surface area (Å²) >= 11 is 7.10. The Bertz CT molecular complexity index is 972. The zero-order valence-corrected chi connectivity index (χ0v) is 12.2. The summed E-state index contributed by atoms with van der Waals surface area (Å²) in [6.07, 6.45) is 0. The highest BCUT2D eigenvalue weighted by Gasteiger charge is 2.19. The first-order valence-electron chi connectivity index (χ1n) is 6.27. The van der Waals surface area contributed by atoms with Crippen LogP contribution in [0, 0.1) is 0 Å². The van der Waals surface area contributed by atoms with E-state index < -0.39 is 0 Å². The average Bonchev–Trinajstić information content (AvgIpc) is 3.07. The van der Waals surface area contributed by atoms with Crippen LogP contribution in [-0.4, -0.2) is 20.1 Å². The molecule has 0 spiro atoms. The molecule has 0 N–H and O–H groups in total. The molecule has 0 fully saturated rings. The molecule has 102 valence electrons. The van der Waals surface area contributed by atoms with E-state index in [1.54, 1.807) is 28.8 Å². The second kappa shape index (κ2) is 4.65. The van der Waals surface area contributed by atoms with E-state index in [1.165, 1.54) is 11.5 Å². The van der Waals surface area contributed by atoms with Crippen LogP contribution in [0.3, 0.4) is 0 Å². The number of benzene rings is 2. The van der Waals surface area contributed by atoms with Crippen LogP contribution in [0.5, 0.6) is 0 Å². The summed E-state index contributed by atoms with van der Waals surface area (Å²) in [6, 6.07) is 14.6. The molecule has 0 aliphatic rings. The Balaban J connectivity index is 2.01. The Morgan fingerprint density at radius 2 is 1.86 bits per heavy atom. The lowest BCUT2D eigenvalue weighted by Crippen LogP contribution is -2.10. The lowest BCUT2D eigenvalue weighted by atomic mass is 10.2. The van der Waals surface area contributed by atoms with Gasteiger partial charge in [-0.25, -0.2) is 0 Å². The van der Waals surface area contributed by atoms with E-state index in [0.717, 1.165) is 21.3 Å². The monoisotopic (exact) mass is 313 g/mol. The molecule has 6 heteroatoms. The molecule has 4 aromatic rings. The average molecular weight is 314 g/mol. The van der Waals surface area contributed by atoms with Crippen molar-refractivity contribution in [2.24, 2.45) is 0 Å². The van der Waals surface area contributed by atoms with Crippen molar-refractivity contribution in [3.05, 3.63) is 59.1 Å². The van der Waals surface area contributed by atoms with Gasteiger partial charge in [-0.15, -0.1) is 5.10 Å². The molecule has 0 amide bonds. The van der Waals surface area contributed by atoms with Gasteiger partial charge in [0, 0.05) is 27.5 Å². The Labute approximate surface area is 128 Å². The molecule has 2 heterocycles. The highest BCUT2D eigenvalue weighted by atomic mass is 35.5. The van der Waals surface area contributed by atoms with E-state index in [9.17, 15) is 4.79 Å². The van der Waals surface area contributed by atoms with Crippen LogP contribution in [-0.2, 0) is 0 Å². The molecule has 2 aromatic heterocycles. The number of para-hydroxylation sites is 1. The summed E-state index contributed by atoms with van der Waals surface area (Å²) < 4.78 is 5.63. The minimum Gasteiger partial charge on any atom is -0.268 e. The van der Waals surface area contributed by atoms with Crippen LogP contribution >= 0.6 is 23.1 Å². The van der Waals surface area contributed by atoms with Crippen molar-refractivity contribution in [3.63, 3.8) is 0 Å². The smallest absolute Gasteiger partial charge is 0.263 e. The highest BCUT2D eigenvalue weighted by molar-refractivity contribution is 7.13. The molecule has 2 aromatic carbocycles. The number of hydrogen-bond acceptors (Lipinski definition) is 4. The van der Waals surface area contributed by atoms with Gasteiger partial charge in [-0.05, 0) is 30.3 Å². The lowest BCUT2D eigenvalue weighted by molar-refractivity contribution is 0.0970. The van der Waals surface area contributed by atoms with Crippen LogP contribution in [0.2, 0.25) is 5.02 Å². The fraction of sp³-hybridized carbons (Fsp3) is 0. The standard InChI is InChI=1S/C15H8ClN3OS/c16-10-7-5-9(6-8-10)14(20)19-12-4-2-1-3-11(12)13-15(19)21-18-17-13/h1-8H. The zero-order valence-electron chi connectivity index (χ0n) is 10.7. The lowest BCUT2D eigenvalue weighted by Gasteiger charge is -2.04. The maximum absolute atomic E-state index is 12.8. The van der Waals surface area contributed by atoms with E-state index in [2.05, 4.69) is 9.59 Å². The fourth-order valence-corrected chi connectivity index (χ4v) is 3.23. The number of hydrogen-bond donors (Lipinski definition) is 0. The van der Waals surface area contributed by atoms with Crippen molar-refractivity contribution >= 4 is 50.3 Å². The van der Waals surface area contributed by atoms with E-state index in [1.807, 2.05) is 24.3 Å². The Hall–Kier alpha value is -2.24. The number of carbonyl (C=O) groups is 1. The maximum atomic E-state index is 12.8. The summed E-state index contributed by atoms with van der Waals surface area (Å²) in [5, 5.41) is 5.67. The number of halogens is 1. The molecular weight excluding hydrogens is 306 g/mol. The van der Waals surface area contributed by atoms with Gasteiger partial charge < -0.3 is 0 Å². The normalized spacial score (nSPS) is 11.3. The number of nitrogens with zero attached hydrogens (tertiary/aromatic N) is 3. The first-order chi connectivity index (χ1) is 10.3. The van der Waals surface area contributed by atoms with E-state index in [0.29, 0.717) is 10.6 Å². The Morgan fingerprint density at radius 3 is 2.67 bits per heavy atom. The van der Waals surface area contributed by atoms with Crippen molar-refractivity contribution in [3.8, 4) is 0 Å². The maximum Gasteiger partial charge on any atom is 0.263 e. The second-order valence-electron chi connectivity index (χ2n) is 4.59. The highest BCUT2D eigenvalue weighted by Crippen LogP contribution is 2.30. The van der Waals surface area contributed by atoms with Crippen LogP contribution in [0.4, 0.5) is 0 Å². The largest absolute Gasteiger partial charge is 0.268 e. The summed E-state index contributed by atoms with van der Waals surface area (Å²) in [5.74, 6) is -0.107. The van der Waals surface area contributed by atoms with E-state index in [-0.39, 0.29) is 5.91 Å². The molecule has 0 saturated carbocycles. The van der Waals surface area contributed by atoms with E-state index >= 15 is 0 Å². The molecular formula is C15H8ClN3OS. The van der Waals surface area contributed by atoms with Gasteiger partial charge in [0.15, 0.2) is 4.83 Å². The Kier molecular flexibility index (Phi) is 2.77. The molecule has 0 aliphatic carbocycles. The molecule has 0 aliphatic heterocycles. The summed E-state index contributed by atoms with van der Waals surface area (Å²) in [5.41, 5.74) is 2.18. The minimum atomic E-state index is -0.107. The molecule has 0 radical (unpaired) electrons. The van der Waals surface area contributed by atoms with Gasteiger partial charge >= 0.3 is 0 Å². The van der Waals surface area contributed by atoms with Gasteiger partial charge in [-0.2, -0.15) is 0 Å². The summed E-state index contributed by atoms with van der Waals surface area (Å²) in [7, 11) is 0. The van der Waals surface area contributed by atoms with E-state index in [4.69, 9.17) is 11.6 Å². The third-order valence-corrected chi connectivity index (χ3v) is 4.33. The number of aromatic nitrogens is 3. The second-order valence-corrected chi connectivity index (χ2v) is 5.76. The SMILES string of the molecule is O=C(c1ccc(Cl)cc1)n1c2ccccc2c2nnsc21. The zero-order chi connectivity index (χ0) is 14.4. The van der Waals surface area contributed by atoms with Crippen molar-refractivity contribution in [2.75, 3.05) is 0 Å². The molecule has 0 saturated heterocycles. The van der Waals surface area contributed by atoms with Crippen LogP contribution in [0.25, 0.3) is 21.3 Å². The van der Waals surface area contributed by atoms with Crippen LogP contribution in [0.1, 0.15) is 10.4 Å². The van der Waals surface area contributed by atoms with Crippen molar-refractivity contribution < 1.29 is 4.79 Å². The van der Waals surface area contributed by atoms with Crippen molar-refractivity contribution in [1.82, 2.24) is 14.2 Å². The van der Waals surface area contributed by atoms with Gasteiger partial charge in [0.05, 0.1) is 5.52 Å². The minimum absolute atomic E-state index is 0.107. The summed E-state index contributed by atoms with van der Waals surface area (Å²) in [6.45, 7) is 0. The Morgan fingerprint density at radius 1 is 1.10 bits per heavy atom. The molecule has 21 heavy (non-hydrogen) atoms. The first-order valence-corrected chi connectivity index (χ1v) is 7.42. The van der Waals surface area contributed by atoms with Gasteiger partial charge in [-0.3, -0.25) is 9.36 Å². The van der Waals surface area contributed by atoms with Gasteiger partial charge in [0.25, 0.3) is 5.91 Å². The number of fused-ring (bicyclic) bond motifs is 3. The van der Waals surface area contributed by atoms with Crippen LogP contribution in [0.15, 0.2) is 48.5 Å². The number of carbonyl (C=O) groups excluding carboxylic acids is 1. The molecule has 0 bridgehead atoms. The van der Waals surface area contributed by atoms with Crippen LogP contribution < -0.4 is 0 Å². The van der Waals surface area contributed by atoms with Gasteiger partial charge in [0.1, 0.15) is 5.52 Å². The van der Waals surface area contributed by atoms with Gasteiger partial charge in [-0.1, -0.05) is 34.3 Å². The number of rotatable bonds is 1. The van der Waals surface area contributed by atoms with Crippen molar-refractivity contribution in [1.29, 1.82) is 0 Å². The fourth-order valence-electron chi connectivity index (χ4n) is 2.40. The van der Waals surface area contributed by atoms with Crippen molar-refractivity contribution in [2.45, 2.75) is 0 Å². The predicted octanol–water partition coefficient (Wildman–Crippen LogP) is 3.99. The summed E-state index contributed by atoms with van der Waals surface area (Å²) in [4.78, 5) is 13.6. The van der Waals surface area contributed by atoms with Gasteiger partial charge in [0.2, 0.25) is 0 Å².